The minimum Gasteiger partial charge on any atom is -0.418 e. The summed E-state index contributed by atoms with van der Waals surface area (Å²) in [6.07, 6.45) is 0. The third kappa shape index (κ3) is 7.23. The number of hydrogen-bond acceptors (Lipinski definition) is 0. The van der Waals surface area contributed by atoms with Crippen molar-refractivity contribution in [3.05, 3.63) is 60.7 Å². The summed E-state index contributed by atoms with van der Waals surface area (Å²) < 4.78 is 39.0. The van der Waals surface area contributed by atoms with Gasteiger partial charge in [-0.1, -0.05) is 36.4 Å². The van der Waals surface area contributed by atoms with Gasteiger partial charge in [-0.15, -0.1) is 0 Å². The Bertz CT molecular complexity index is 469. The van der Waals surface area contributed by atoms with Crippen molar-refractivity contribution >= 4 is 18.1 Å². The van der Waals surface area contributed by atoms with Crippen molar-refractivity contribution in [2.24, 2.45) is 0 Å². The van der Waals surface area contributed by atoms with Gasteiger partial charge < -0.3 is 17.3 Å². The van der Waals surface area contributed by atoms with E-state index in [2.05, 4.69) is 74.5 Å². The average molecular weight is 316 g/mol. The molecule has 0 heterocycles. The summed E-state index contributed by atoms with van der Waals surface area (Å²) in [7, 11) is -5.80. The molecule has 0 saturated carbocycles. The van der Waals surface area contributed by atoms with E-state index in [0.29, 0.717) is 5.25 Å². The third-order valence-corrected chi connectivity index (χ3v) is 4.97. The highest BCUT2D eigenvalue weighted by atomic mass is 32.2. The topological polar surface area (TPSA) is 0 Å². The van der Waals surface area contributed by atoms with Crippen LogP contribution in [-0.2, 0) is 10.9 Å². The molecule has 0 bridgehead atoms. The summed E-state index contributed by atoms with van der Waals surface area (Å²) in [5, 5.41) is 0.643. The zero-order valence-corrected chi connectivity index (χ0v) is 12.7. The molecular formula is C15H17BF4S. The number of halogens is 4. The van der Waals surface area contributed by atoms with Gasteiger partial charge in [-0.25, -0.2) is 0 Å². The highest BCUT2D eigenvalue weighted by molar-refractivity contribution is 7.97. The molecule has 0 aliphatic heterocycles. The van der Waals surface area contributed by atoms with E-state index in [1.807, 2.05) is 0 Å². The fourth-order valence-electron chi connectivity index (χ4n) is 1.81. The number of benzene rings is 2. The van der Waals surface area contributed by atoms with E-state index in [1.54, 1.807) is 0 Å². The third-order valence-electron chi connectivity index (χ3n) is 2.47. The van der Waals surface area contributed by atoms with Crippen LogP contribution in [0.15, 0.2) is 70.5 Å². The zero-order chi connectivity index (χ0) is 15.9. The smallest absolute Gasteiger partial charge is 0.418 e. The predicted octanol–water partition coefficient (Wildman–Crippen LogP) is 5.43. The second-order valence-electron chi connectivity index (χ2n) is 4.51. The van der Waals surface area contributed by atoms with Crippen LogP contribution < -0.4 is 0 Å². The quantitative estimate of drug-likeness (QED) is 0.402. The van der Waals surface area contributed by atoms with E-state index in [1.165, 1.54) is 9.79 Å². The van der Waals surface area contributed by atoms with E-state index >= 15 is 0 Å². The second kappa shape index (κ2) is 8.12. The van der Waals surface area contributed by atoms with Gasteiger partial charge in [0.15, 0.2) is 9.79 Å². The first kappa shape index (κ1) is 17.6. The van der Waals surface area contributed by atoms with Gasteiger partial charge in [-0.2, -0.15) is 0 Å². The van der Waals surface area contributed by atoms with E-state index in [0.717, 1.165) is 0 Å². The maximum absolute atomic E-state index is 9.75. The van der Waals surface area contributed by atoms with Crippen molar-refractivity contribution in [3.8, 4) is 0 Å². The van der Waals surface area contributed by atoms with Crippen LogP contribution in [0.4, 0.5) is 17.3 Å². The molecule has 2 rings (SSSR count). The first-order valence-corrected chi connectivity index (χ1v) is 7.78. The normalized spacial score (nSPS) is 11.2. The maximum atomic E-state index is 9.75. The highest BCUT2D eigenvalue weighted by Crippen LogP contribution is 2.26. The first-order chi connectivity index (χ1) is 9.79. The van der Waals surface area contributed by atoms with Crippen LogP contribution in [-0.4, -0.2) is 12.5 Å². The molecule has 114 valence electrons. The van der Waals surface area contributed by atoms with Crippen LogP contribution in [0.2, 0.25) is 0 Å². The van der Waals surface area contributed by atoms with Crippen molar-refractivity contribution in [1.82, 2.24) is 0 Å². The summed E-state index contributed by atoms with van der Waals surface area (Å²) in [4.78, 5) is 2.87. The Balaban J connectivity index is 0.000000383. The van der Waals surface area contributed by atoms with Crippen LogP contribution in [0.1, 0.15) is 13.8 Å². The van der Waals surface area contributed by atoms with Crippen molar-refractivity contribution in [1.29, 1.82) is 0 Å². The molecule has 0 fully saturated rings. The van der Waals surface area contributed by atoms with E-state index in [-0.39, 0.29) is 10.9 Å². The molecule has 0 radical (unpaired) electrons. The van der Waals surface area contributed by atoms with E-state index in [4.69, 9.17) is 0 Å². The standard InChI is InChI=1S/C15H17S.BF4/c1-13(2)16(14-9-5-3-6-10-14)15-11-7-4-8-12-15;2-1(3,4)5/h3-13H,1-2H3;/q+1;-1. The molecule has 0 atom stereocenters. The second-order valence-corrected chi connectivity index (χ2v) is 7.07. The maximum Gasteiger partial charge on any atom is 0.673 e. The first-order valence-electron chi connectivity index (χ1n) is 6.49. The Morgan fingerprint density at radius 2 is 1.00 bits per heavy atom. The van der Waals surface area contributed by atoms with Crippen LogP contribution in [0.3, 0.4) is 0 Å². The molecule has 0 amide bonds. The molecule has 0 saturated heterocycles. The van der Waals surface area contributed by atoms with Crippen molar-refractivity contribution in [2.75, 3.05) is 0 Å². The molecule has 0 aromatic heterocycles. The molecule has 0 spiro atoms. The summed E-state index contributed by atoms with van der Waals surface area (Å²) in [5.74, 6) is 0. The van der Waals surface area contributed by atoms with E-state index < -0.39 is 7.25 Å². The molecule has 6 heteroatoms. The largest absolute Gasteiger partial charge is 0.673 e. The summed E-state index contributed by atoms with van der Waals surface area (Å²) in [6.45, 7) is 4.59. The lowest BCUT2D eigenvalue weighted by Gasteiger charge is -2.10. The highest BCUT2D eigenvalue weighted by Gasteiger charge is 2.28. The molecule has 2 aromatic carbocycles. The van der Waals surface area contributed by atoms with Gasteiger partial charge in [-0.05, 0) is 38.1 Å². The Labute approximate surface area is 125 Å². The minimum absolute atomic E-state index is 0.197. The molecule has 0 unspecified atom stereocenters. The predicted molar refractivity (Wildman–Crippen MR) is 82.1 cm³/mol. The van der Waals surface area contributed by atoms with Crippen LogP contribution in [0.25, 0.3) is 0 Å². The van der Waals surface area contributed by atoms with Gasteiger partial charge in [-0.3, -0.25) is 0 Å². The lowest BCUT2D eigenvalue weighted by molar-refractivity contribution is 0.368. The summed E-state index contributed by atoms with van der Waals surface area (Å²) in [5.41, 5.74) is 0. The lowest BCUT2D eigenvalue weighted by atomic mass is 10.3. The van der Waals surface area contributed by atoms with Crippen LogP contribution in [0, 0.1) is 0 Å². The Hall–Kier alpha value is -1.43. The van der Waals surface area contributed by atoms with Gasteiger partial charge in [0.1, 0.15) is 5.25 Å². The van der Waals surface area contributed by atoms with Gasteiger partial charge in [0, 0.05) is 0 Å². The molecule has 2 aromatic rings. The Kier molecular flexibility index (Phi) is 6.82. The fraction of sp³-hybridized carbons (Fsp3) is 0.200. The Morgan fingerprint density at radius 3 is 1.24 bits per heavy atom. The Morgan fingerprint density at radius 1 is 0.714 bits per heavy atom. The molecule has 21 heavy (non-hydrogen) atoms. The van der Waals surface area contributed by atoms with Gasteiger partial charge in [0.2, 0.25) is 0 Å². The van der Waals surface area contributed by atoms with Gasteiger partial charge >= 0.3 is 7.25 Å². The molecule has 0 aliphatic rings. The summed E-state index contributed by atoms with van der Waals surface area (Å²) in [6, 6.07) is 21.6. The molecular weight excluding hydrogens is 299 g/mol. The van der Waals surface area contributed by atoms with E-state index in [9.17, 15) is 17.3 Å². The summed E-state index contributed by atoms with van der Waals surface area (Å²) >= 11 is 0. The van der Waals surface area contributed by atoms with Crippen LogP contribution >= 0.6 is 0 Å². The lowest BCUT2D eigenvalue weighted by Crippen LogP contribution is -2.15. The average Bonchev–Trinajstić information content (AvgIpc) is 2.39. The number of rotatable bonds is 3. The number of hydrogen-bond donors (Lipinski definition) is 0. The molecule has 0 nitrogen and oxygen atoms in total. The fourth-order valence-corrected chi connectivity index (χ4v) is 4.08. The molecule has 0 N–H and O–H groups in total. The SMILES string of the molecule is CC(C)[S+](c1ccccc1)c1ccccc1.F[B-](F)(F)F. The van der Waals surface area contributed by atoms with Gasteiger partial charge in [0.25, 0.3) is 0 Å². The van der Waals surface area contributed by atoms with Gasteiger partial charge in [0.05, 0.1) is 10.9 Å². The monoisotopic (exact) mass is 316 g/mol. The minimum atomic E-state index is -6.00. The van der Waals surface area contributed by atoms with Crippen molar-refractivity contribution < 1.29 is 17.3 Å². The van der Waals surface area contributed by atoms with Crippen molar-refractivity contribution in [3.63, 3.8) is 0 Å². The van der Waals surface area contributed by atoms with Crippen molar-refractivity contribution in [2.45, 2.75) is 28.9 Å². The van der Waals surface area contributed by atoms with Crippen LogP contribution in [0.5, 0.6) is 0 Å². The molecule has 0 aliphatic carbocycles. The zero-order valence-electron chi connectivity index (χ0n) is 11.8.